The van der Waals surface area contributed by atoms with Gasteiger partial charge in [0.1, 0.15) is 5.75 Å². The summed E-state index contributed by atoms with van der Waals surface area (Å²) in [7, 11) is 0. The lowest BCUT2D eigenvalue weighted by Crippen LogP contribution is -2.18. The van der Waals surface area contributed by atoms with Crippen LogP contribution >= 0.6 is 11.6 Å². The molecule has 7 heteroatoms. The van der Waals surface area contributed by atoms with Crippen molar-refractivity contribution in [3.8, 4) is 5.75 Å². The quantitative estimate of drug-likeness (QED) is 0.844. The smallest absolute Gasteiger partial charge is 0.264 e. The van der Waals surface area contributed by atoms with Gasteiger partial charge in [0.05, 0.1) is 12.6 Å². The van der Waals surface area contributed by atoms with E-state index in [1.54, 1.807) is 24.3 Å². The maximum atomic E-state index is 5.85. The molecule has 0 amide bonds. The van der Waals surface area contributed by atoms with Crippen LogP contribution in [0.4, 0.5) is 0 Å². The second kappa shape index (κ2) is 7.23. The van der Waals surface area contributed by atoms with E-state index in [-0.39, 0.29) is 6.61 Å². The minimum Gasteiger partial charge on any atom is -0.484 e. The molecule has 1 unspecified atom stereocenters. The van der Waals surface area contributed by atoms with E-state index in [4.69, 9.17) is 31.3 Å². The fourth-order valence-electron chi connectivity index (χ4n) is 1.47. The number of nitrogens with zero attached hydrogens (tertiary/aromatic N) is 2. The topological polar surface area (TPSA) is 83.4 Å². The van der Waals surface area contributed by atoms with Crippen molar-refractivity contribution in [3.05, 3.63) is 41.0 Å². The van der Waals surface area contributed by atoms with Gasteiger partial charge in [-0.2, -0.15) is 4.98 Å². The Bertz CT molecular complexity index is 530. The summed E-state index contributed by atoms with van der Waals surface area (Å²) in [6.07, 6.45) is 0. The number of hydrogen-bond donors (Lipinski definition) is 1. The molecule has 0 fully saturated rings. The van der Waals surface area contributed by atoms with Gasteiger partial charge < -0.3 is 19.7 Å². The minimum atomic E-state index is -0.400. The van der Waals surface area contributed by atoms with Crippen LogP contribution in [-0.2, 0) is 11.3 Å². The lowest BCUT2D eigenvalue weighted by molar-refractivity contribution is 0.130. The van der Waals surface area contributed by atoms with Gasteiger partial charge in [0.15, 0.2) is 12.4 Å². The third-order valence-corrected chi connectivity index (χ3v) is 2.74. The molecule has 1 atom stereocenters. The number of hydrogen-bond acceptors (Lipinski definition) is 6. The Kier molecular flexibility index (Phi) is 5.34. The summed E-state index contributed by atoms with van der Waals surface area (Å²) in [5, 5.41) is 4.46. The normalized spacial score (nSPS) is 12.3. The lowest BCUT2D eigenvalue weighted by Gasteiger charge is -2.05. The zero-order valence-electron chi connectivity index (χ0n) is 11.1. The van der Waals surface area contributed by atoms with Gasteiger partial charge in [-0.05, 0) is 31.2 Å². The molecule has 2 N–H and O–H groups in total. The maximum Gasteiger partial charge on any atom is 0.264 e. The molecule has 108 valence electrons. The van der Waals surface area contributed by atoms with Crippen molar-refractivity contribution in [2.75, 3.05) is 13.2 Å². The van der Waals surface area contributed by atoms with Gasteiger partial charge in [0.2, 0.25) is 0 Å². The number of benzene rings is 1. The zero-order valence-corrected chi connectivity index (χ0v) is 11.8. The molecule has 20 heavy (non-hydrogen) atoms. The molecule has 2 rings (SSSR count). The summed E-state index contributed by atoms with van der Waals surface area (Å²) in [4.78, 5) is 4.16. The van der Waals surface area contributed by atoms with Crippen molar-refractivity contribution < 1.29 is 14.0 Å². The van der Waals surface area contributed by atoms with E-state index in [9.17, 15) is 0 Å². The first-order valence-electron chi connectivity index (χ1n) is 6.23. The highest BCUT2D eigenvalue weighted by molar-refractivity contribution is 6.30. The van der Waals surface area contributed by atoms with Gasteiger partial charge in [-0.25, -0.2) is 0 Å². The summed E-state index contributed by atoms with van der Waals surface area (Å²) < 4.78 is 15.8. The first-order chi connectivity index (χ1) is 9.69. The van der Waals surface area contributed by atoms with Gasteiger partial charge in [-0.1, -0.05) is 16.8 Å². The van der Waals surface area contributed by atoms with E-state index in [0.29, 0.717) is 35.7 Å². The SMILES string of the molecule is CCOCC(N)c1noc(COc2ccc(Cl)cc2)n1. The monoisotopic (exact) mass is 297 g/mol. The van der Waals surface area contributed by atoms with Crippen LogP contribution in [0.25, 0.3) is 0 Å². The fourth-order valence-corrected chi connectivity index (χ4v) is 1.60. The van der Waals surface area contributed by atoms with Crippen LogP contribution in [0.1, 0.15) is 24.7 Å². The van der Waals surface area contributed by atoms with E-state index in [2.05, 4.69) is 10.1 Å². The Balaban J connectivity index is 1.87. The Hall–Kier alpha value is -1.63. The van der Waals surface area contributed by atoms with E-state index in [1.807, 2.05) is 6.92 Å². The number of rotatable bonds is 7. The van der Waals surface area contributed by atoms with Crippen LogP contribution in [0, 0.1) is 0 Å². The van der Waals surface area contributed by atoms with Gasteiger partial charge >= 0.3 is 0 Å². The standard InChI is InChI=1S/C13H16ClN3O3/c1-2-18-7-11(15)13-16-12(20-17-13)8-19-10-5-3-9(14)4-6-10/h3-6,11H,2,7-8,15H2,1H3. The fraction of sp³-hybridized carbons (Fsp3) is 0.385. The molecular weight excluding hydrogens is 282 g/mol. The predicted octanol–water partition coefficient (Wildman–Crippen LogP) is 2.34. The molecule has 1 aromatic carbocycles. The predicted molar refractivity (Wildman–Crippen MR) is 73.5 cm³/mol. The van der Waals surface area contributed by atoms with Gasteiger partial charge in [-0.15, -0.1) is 0 Å². The summed E-state index contributed by atoms with van der Waals surface area (Å²) >= 11 is 5.79. The number of nitrogens with two attached hydrogens (primary N) is 1. The molecule has 2 aromatic rings. The Morgan fingerprint density at radius 2 is 2.10 bits per heavy atom. The zero-order chi connectivity index (χ0) is 14.4. The maximum absolute atomic E-state index is 5.85. The van der Waals surface area contributed by atoms with Crippen LogP contribution < -0.4 is 10.5 Å². The summed E-state index contributed by atoms with van der Waals surface area (Å²) in [6.45, 7) is 3.02. The van der Waals surface area contributed by atoms with Crippen molar-refractivity contribution in [2.24, 2.45) is 5.73 Å². The van der Waals surface area contributed by atoms with Crippen LogP contribution in [0.15, 0.2) is 28.8 Å². The summed E-state index contributed by atoms with van der Waals surface area (Å²) in [5.41, 5.74) is 5.85. The average Bonchev–Trinajstić information content (AvgIpc) is 2.93. The van der Waals surface area contributed by atoms with E-state index in [0.717, 1.165) is 0 Å². The van der Waals surface area contributed by atoms with E-state index >= 15 is 0 Å². The first-order valence-corrected chi connectivity index (χ1v) is 6.61. The molecule has 0 saturated carbocycles. The van der Waals surface area contributed by atoms with E-state index < -0.39 is 6.04 Å². The highest BCUT2D eigenvalue weighted by Crippen LogP contribution is 2.17. The van der Waals surface area contributed by atoms with Crippen LogP contribution in [0.2, 0.25) is 5.02 Å². The molecule has 0 aliphatic heterocycles. The van der Waals surface area contributed by atoms with Gasteiger partial charge in [0.25, 0.3) is 5.89 Å². The highest BCUT2D eigenvalue weighted by atomic mass is 35.5. The molecule has 1 aromatic heterocycles. The summed E-state index contributed by atoms with van der Waals surface area (Å²) in [6, 6.07) is 6.62. The van der Waals surface area contributed by atoms with Crippen LogP contribution in [-0.4, -0.2) is 23.4 Å². The number of ether oxygens (including phenoxy) is 2. The van der Waals surface area contributed by atoms with Crippen molar-refractivity contribution >= 4 is 11.6 Å². The van der Waals surface area contributed by atoms with Crippen molar-refractivity contribution in [1.82, 2.24) is 10.1 Å². The Labute approximate surface area is 121 Å². The second-order valence-electron chi connectivity index (χ2n) is 4.05. The van der Waals surface area contributed by atoms with Crippen molar-refractivity contribution in [2.45, 2.75) is 19.6 Å². The van der Waals surface area contributed by atoms with Crippen molar-refractivity contribution in [1.29, 1.82) is 0 Å². The minimum absolute atomic E-state index is 0.177. The second-order valence-corrected chi connectivity index (χ2v) is 4.49. The molecule has 0 bridgehead atoms. The number of halogens is 1. The van der Waals surface area contributed by atoms with Crippen molar-refractivity contribution in [3.63, 3.8) is 0 Å². The Morgan fingerprint density at radius 3 is 2.80 bits per heavy atom. The first kappa shape index (κ1) is 14.8. The molecular formula is C13H16ClN3O3. The third-order valence-electron chi connectivity index (χ3n) is 2.49. The van der Waals surface area contributed by atoms with Crippen LogP contribution in [0.3, 0.4) is 0 Å². The lowest BCUT2D eigenvalue weighted by atomic mass is 10.3. The molecule has 0 saturated heterocycles. The molecule has 6 nitrogen and oxygen atoms in total. The summed E-state index contributed by atoms with van der Waals surface area (Å²) in [5.74, 6) is 1.45. The molecule has 1 heterocycles. The third kappa shape index (κ3) is 4.19. The highest BCUT2D eigenvalue weighted by Gasteiger charge is 2.14. The number of aromatic nitrogens is 2. The largest absolute Gasteiger partial charge is 0.484 e. The molecule has 0 spiro atoms. The van der Waals surface area contributed by atoms with Crippen LogP contribution in [0.5, 0.6) is 5.75 Å². The molecule has 0 aliphatic rings. The molecule has 0 aliphatic carbocycles. The van der Waals surface area contributed by atoms with Gasteiger partial charge in [0, 0.05) is 11.6 Å². The van der Waals surface area contributed by atoms with Gasteiger partial charge in [-0.3, -0.25) is 0 Å². The average molecular weight is 298 g/mol. The Morgan fingerprint density at radius 1 is 1.35 bits per heavy atom. The molecule has 0 radical (unpaired) electrons. The van der Waals surface area contributed by atoms with E-state index in [1.165, 1.54) is 0 Å².